The monoisotopic (exact) mass is 221 g/mol. The average molecular weight is 221 g/mol. The Labute approximate surface area is 96.9 Å². The van der Waals surface area contributed by atoms with Crippen molar-refractivity contribution in [2.75, 3.05) is 6.54 Å². The van der Waals surface area contributed by atoms with Gasteiger partial charge in [-0.2, -0.15) is 0 Å². The fraction of sp³-hybridized carbons (Fsp3) is 0.571. The molecule has 1 aliphatic carbocycles. The molecule has 1 aliphatic rings. The number of benzene rings is 1. The highest BCUT2D eigenvalue weighted by Gasteiger charge is 2.33. The largest absolute Gasteiger partial charge is 0.330 e. The number of nitrogens with two attached hydrogens (primary N) is 1. The van der Waals surface area contributed by atoms with Gasteiger partial charge in [-0.15, -0.1) is 0 Å². The summed E-state index contributed by atoms with van der Waals surface area (Å²) in [4.78, 5) is 0. The van der Waals surface area contributed by atoms with Crippen molar-refractivity contribution in [1.29, 1.82) is 0 Å². The second-order valence-corrected chi connectivity index (χ2v) is 4.84. The van der Waals surface area contributed by atoms with Crippen LogP contribution in [0.25, 0.3) is 0 Å². The van der Waals surface area contributed by atoms with E-state index in [2.05, 4.69) is 6.07 Å². The lowest BCUT2D eigenvalue weighted by atomic mass is 9.91. The second-order valence-electron chi connectivity index (χ2n) is 4.84. The van der Waals surface area contributed by atoms with Crippen molar-refractivity contribution >= 4 is 0 Å². The lowest BCUT2D eigenvalue weighted by molar-refractivity contribution is 0.172. The molecule has 2 heteroatoms. The predicted octanol–water partition coefficient (Wildman–Crippen LogP) is 3.01. The summed E-state index contributed by atoms with van der Waals surface area (Å²) in [5.74, 6) is 0. The van der Waals surface area contributed by atoms with Gasteiger partial charge in [0.1, 0.15) is 5.67 Å². The summed E-state index contributed by atoms with van der Waals surface area (Å²) in [7, 11) is 0. The van der Waals surface area contributed by atoms with Gasteiger partial charge in [-0.05, 0) is 36.9 Å². The summed E-state index contributed by atoms with van der Waals surface area (Å²) < 4.78 is 14.4. The van der Waals surface area contributed by atoms with Gasteiger partial charge in [0, 0.05) is 6.42 Å². The maximum Gasteiger partial charge on any atom is 0.115 e. The quantitative estimate of drug-likeness (QED) is 0.831. The number of rotatable bonds is 4. The molecule has 88 valence electrons. The van der Waals surface area contributed by atoms with Gasteiger partial charge < -0.3 is 5.73 Å². The zero-order chi connectivity index (χ0) is 11.4. The van der Waals surface area contributed by atoms with Crippen LogP contribution in [-0.4, -0.2) is 12.2 Å². The molecule has 0 atom stereocenters. The lowest BCUT2D eigenvalue weighted by Crippen LogP contribution is -2.22. The molecule has 0 radical (unpaired) electrons. The Bertz CT molecular complexity index is 342. The van der Waals surface area contributed by atoms with Crippen molar-refractivity contribution in [3.05, 3.63) is 35.4 Å². The summed E-state index contributed by atoms with van der Waals surface area (Å²) in [6, 6.07) is 8.12. The van der Waals surface area contributed by atoms with E-state index in [0.29, 0.717) is 13.0 Å². The lowest BCUT2D eigenvalue weighted by Gasteiger charge is -2.20. The summed E-state index contributed by atoms with van der Waals surface area (Å²) in [6.07, 6.45) is 4.95. The Morgan fingerprint density at radius 3 is 2.38 bits per heavy atom. The topological polar surface area (TPSA) is 26.0 Å². The molecular weight excluding hydrogens is 201 g/mol. The van der Waals surface area contributed by atoms with Crippen molar-refractivity contribution in [2.24, 2.45) is 5.73 Å². The Hall–Kier alpha value is -0.890. The Morgan fingerprint density at radius 1 is 1.12 bits per heavy atom. The molecule has 1 aromatic rings. The summed E-state index contributed by atoms with van der Waals surface area (Å²) in [5, 5.41) is 0. The minimum absolute atomic E-state index is 0.573. The molecule has 0 aromatic heterocycles. The first-order chi connectivity index (χ1) is 7.73. The number of hydrogen-bond acceptors (Lipinski definition) is 1. The van der Waals surface area contributed by atoms with Gasteiger partial charge in [-0.3, -0.25) is 0 Å². The van der Waals surface area contributed by atoms with Gasteiger partial charge in [0.15, 0.2) is 0 Å². The zero-order valence-electron chi connectivity index (χ0n) is 9.71. The fourth-order valence-corrected chi connectivity index (χ4v) is 2.66. The van der Waals surface area contributed by atoms with E-state index in [1.165, 1.54) is 5.56 Å². The van der Waals surface area contributed by atoms with E-state index in [9.17, 15) is 4.39 Å². The van der Waals surface area contributed by atoms with Crippen LogP contribution in [0.15, 0.2) is 24.3 Å². The summed E-state index contributed by atoms with van der Waals surface area (Å²) in [5.41, 5.74) is 6.99. The predicted molar refractivity (Wildman–Crippen MR) is 65.2 cm³/mol. The molecule has 16 heavy (non-hydrogen) atoms. The normalized spacial score (nSPS) is 18.9. The van der Waals surface area contributed by atoms with Gasteiger partial charge in [-0.1, -0.05) is 37.1 Å². The number of halogens is 1. The van der Waals surface area contributed by atoms with Crippen LogP contribution in [0.3, 0.4) is 0 Å². The minimum Gasteiger partial charge on any atom is -0.330 e. The molecule has 1 fully saturated rings. The fourth-order valence-electron chi connectivity index (χ4n) is 2.66. The van der Waals surface area contributed by atoms with Gasteiger partial charge in [0.05, 0.1) is 0 Å². The average Bonchev–Trinajstić information content (AvgIpc) is 2.68. The molecule has 0 unspecified atom stereocenters. The Morgan fingerprint density at radius 2 is 1.75 bits per heavy atom. The van der Waals surface area contributed by atoms with Crippen molar-refractivity contribution in [1.82, 2.24) is 0 Å². The van der Waals surface area contributed by atoms with Crippen molar-refractivity contribution in [3.8, 4) is 0 Å². The van der Waals surface area contributed by atoms with Gasteiger partial charge in [0.25, 0.3) is 0 Å². The summed E-state index contributed by atoms with van der Waals surface area (Å²) >= 11 is 0. The summed E-state index contributed by atoms with van der Waals surface area (Å²) in [6.45, 7) is 0.635. The van der Waals surface area contributed by atoms with Crippen LogP contribution in [0.4, 0.5) is 4.39 Å². The van der Waals surface area contributed by atoms with Gasteiger partial charge in [-0.25, -0.2) is 4.39 Å². The molecule has 0 aliphatic heterocycles. The van der Waals surface area contributed by atoms with Crippen LogP contribution in [-0.2, 0) is 12.8 Å². The molecule has 0 saturated heterocycles. The molecule has 0 bridgehead atoms. The van der Waals surface area contributed by atoms with Crippen LogP contribution in [0, 0.1) is 0 Å². The third-order valence-corrected chi connectivity index (χ3v) is 3.54. The number of alkyl halides is 1. The van der Waals surface area contributed by atoms with Gasteiger partial charge in [0.2, 0.25) is 0 Å². The molecule has 2 rings (SSSR count). The van der Waals surface area contributed by atoms with E-state index < -0.39 is 5.67 Å². The van der Waals surface area contributed by atoms with E-state index in [1.807, 2.05) is 18.2 Å². The highest BCUT2D eigenvalue weighted by atomic mass is 19.1. The first-order valence-electron chi connectivity index (χ1n) is 6.19. The first kappa shape index (κ1) is 11.6. The SMILES string of the molecule is NCCc1ccccc1CC1(F)CCCC1. The van der Waals surface area contributed by atoms with E-state index in [1.54, 1.807) is 0 Å². The minimum atomic E-state index is -0.954. The second kappa shape index (κ2) is 4.96. The molecule has 0 spiro atoms. The molecular formula is C14H20FN. The van der Waals surface area contributed by atoms with Crippen molar-refractivity contribution in [2.45, 2.75) is 44.2 Å². The smallest absolute Gasteiger partial charge is 0.115 e. The maximum absolute atomic E-state index is 14.4. The van der Waals surface area contributed by atoms with E-state index in [4.69, 9.17) is 5.73 Å². The molecule has 0 amide bonds. The van der Waals surface area contributed by atoms with Crippen LogP contribution in [0.2, 0.25) is 0 Å². The van der Waals surface area contributed by atoms with E-state index in [-0.39, 0.29) is 0 Å². The Kier molecular flexibility index (Phi) is 3.59. The highest BCUT2D eigenvalue weighted by Crippen LogP contribution is 2.36. The van der Waals surface area contributed by atoms with Crippen LogP contribution >= 0.6 is 0 Å². The third-order valence-electron chi connectivity index (χ3n) is 3.54. The molecule has 1 saturated carbocycles. The standard InChI is InChI=1S/C14H20FN/c15-14(8-3-4-9-14)11-13-6-2-1-5-12(13)7-10-16/h1-2,5-6H,3-4,7-11,16H2. The zero-order valence-corrected chi connectivity index (χ0v) is 9.71. The third kappa shape index (κ3) is 2.62. The van der Waals surface area contributed by atoms with E-state index in [0.717, 1.165) is 37.7 Å². The maximum atomic E-state index is 14.4. The number of hydrogen-bond donors (Lipinski definition) is 1. The molecule has 1 aromatic carbocycles. The van der Waals surface area contributed by atoms with Crippen molar-refractivity contribution in [3.63, 3.8) is 0 Å². The molecule has 0 heterocycles. The van der Waals surface area contributed by atoms with Crippen LogP contribution < -0.4 is 5.73 Å². The highest BCUT2D eigenvalue weighted by molar-refractivity contribution is 5.29. The molecule has 1 nitrogen and oxygen atoms in total. The van der Waals surface area contributed by atoms with Gasteiger partial charge >= 0.3 is 0 Å². The van der Waals surface area contributed by atoms with Crippen LogP contribution in [0.5, 0.6) is 0 Å². The van der Waals surface area contributed by atoms with E-state index >= 15 is 0 Å². The van der Waals surface area contributed by atoms with Crippen molar-refractivity contribution < 1.29 is 4.39 Å². The van der Waals surface area contributed by atoms with Crippen LogP contribution in [0.1, 0.15) is 36.8 Å². The Balaban J connectivity index is 2.13. The molecule has 2 N–H and O–H groups in total. The first-order valence-corrected chi connectivity index (χ1v) is 6.19.